The van der Waals surface area contributed by atoms with Gasteiger partial charge in [-0.25, -0.2) is 0 Å². The number of hydrogen-bond donors (Lipinski definition) is 0. The zero-order valence-electron chi connectivity index (χ0n) is 12.5. The van der Waals surface area contributed by atoms with Gasteiger partial charge in [0.25, 0.3) is 0 Å². The van der Waals surface area contributed by atoms with Crippen LogP contribution in [-0.2, 0) is 19.1 Å². The molecule has 0 amide bonds. The molecule has 1 unspecified atom stereocenters. The molecule has 0 aromatic rings. The molecule has 0 N–H and O–H groups in total. The second-order valence-electron chi connectivity index (χ2n) is 5.01. The third-order valence-corrected chi connectivity index (χ3v) is 2.72. The van der Waals surface area contributed by atoms with Crippen molar-refractivity contribution in [2.45, 2.75) is 53.4 Å². The molecule has 0 aliphatic heterocycles. The number of hydrogen-bond acceptors (Lipinski definition) is 4. The smallest absolute Gasteiger partial charge is 0.306 e. The van der Waals surface area contributed by atoms with E-state index in [1.54, 1.807) is 0 Å². The fourth-order valence-electron chi connectivity index (χ4n) is 1.18. The normalized spacial score (nSPS) is 11.6. The zero-order chi connectivity index (χ0) is 14.7. The average molecular weight is 270 g/mol. The van der Waals surface area contributed by atoms with Crippen LogP contribution in [0.4, 0.5) is 0 Å². The van der Waals surface area contributed by atoms with Crippen molar-refractivity contribution in [2.24, 2.45) is 5.92 Å². The van der Waals surface area contributed by atoms with E-state index >= 15 is 0 Å². The summed E-state index contributed by atoms with van der Waals surface area (Å²) in [5.41, 5.74) is 1.11. The molecule has 4 heteroatoms. The highest BCUT2D eigenvalue weighted by molar-refractivity contribution is 5.72. The molecule has 0 aromatic carbocycles. The molecule has 0 bridgehead atoms. The van der Waals surface area contributed by atoms with Gasteiger partial charge in [-0.2, -0.15) is 0 Å². The predicted molar refractivity (Wildman–Crippen MR) is 74.7 cm³/mol. The van der Waals surface area contributed by atoms with Crippen molar-refractivity contribution in [3.63, 3.8) is 0 Å². The molecule has 0 aliphatic carbocycles. The van der Waals surface area contributed by atoms with Crippen LogP contribution in [0.15, 0.2) is 11.6 Å². The average Bonchev–Trinajstić information content (AvgIpc) is 2.35. The largest absolute Gasteiger partial charge is 0.465 e. The van der Waals surface area contributed by atoms with E-state index in [4.69, 9.17) is 9.47 Å². The highest BCUT2D eigenvalue weighted by Gasteiger charge is 2.08. The number of esters is 2. The number of carbonyl (C=O) groups is 2. The van der Waals surface area contributed by atoms with Gasteiger partial charge in [0, 0.05) is 12.8 Å². The molecule has 1 atom stereocenters. The topological polar surface area (TPSA) is 52.6 Å². The number of ether oxygens (including phenoxy) is 2. The van der Waals surface area contributed by atoms with E-state index < -0.39 is 0 Å². The van der Waals surface area contributed by atoms with Crippen molar-refractivity contribution in [3.05, 3.63) is 11.6 Å². The third-order valence-electron chi connectivity index (χ3n) is 2.72. The van der Waals surface area contributed by atoms with Gasteiger partial charge in [0.05, 0.1) is 6.61 Å². The Morgan fingerprint density at radius 2 is 1.68 bits per heavy atom. The molecule has 0 heterocycles. The zero-order valence-corrected chi connectivity index (χ0v) is 12.5. The minimum atomic E-state index is -0.271. The first kappa shape index (κ1) is 17.7. The fourth-order valence-corrected chi connectivity index (χ4v) is 1.18. The third kappa shape index (κ3) is 11.5. The molecular formula is C15H26O4. The molecular weight excluding hydrogens is 244 g/mol. The lowest BCUT2D eigenvalue weighted by atomic mass is 10.1. The molecule has 0 aromatic heterocycles. The Hall–Kier alpha value is -1.32. The van der Waals surface area contributed by atoms with Gasteiger partial charge in [-0.05, 0) is 32.3 Å². The lowest BCUT2D eigenvalue weighted by Gasteiger charge is -2.09. The van der Waals surface area contributed by atoms with Crippen molar-refractivity contribution in [1.29, 1.82) is 0 Å². The van der Waals surface area contributed by atoms with Crippen molar-refractivity contribution in [1.82, 2.24) is 0 Å². The van der Waals surface area contributed by atoms with E-state index in [0.717, 1.165) is 12.0 Å². The monoisotopic (exact) mass is 270 g/mol. The second kappa shape index (κ2) is 10.6. The summed E-state index contributed by atoms with van der Waals surface area (Å²) < 4.78 is 10.1. The van der Waals surface area contributed by atoms with Gasteiger partial charge in [-0.3, -0.25) is 9.59 Å². The highest BCUT2D eigenvalue weighted by atomic mass is 16.5. The highest BCUT2D eigenvalue weighted by Crippen LogP contribution is 2.04. The van der Waals surface area contributed by atoms with Gasteiger partial charge in [-0.1, -0.05) is 25.8 Å². The van der Waals surface area contributed by atoms with E-state index in [1.165, 1.54) is 0 Å². The summed E-state index contributed by atoms with van der Waals surface area (Å²) in [5, 5.41) is 0. The first-order chi connectivity index (χ1) is 8.95. The maximum absolute atomic E-state index is 11.4. The van der Waals surface area contributed by atoms with E-state index in [0.29, 0.717) is 25.6 Å². The van der Waals surface area contributed by atoms with Crippen LogP contribution >= 0.6 is 0 Å². The molecule has 0 aliphatic rings. The SMILES string of the molecule is CCC(C)COC(=O)CCCC(=O)OCC=C(C)C. The minimum Gasteiger partial charge on any atom is -0.465 e. The van der Waals surface area contributed by atoms with E-state index in [1.807, 2.05) is 26.8 Å². The molecule has 0 radical (unpaired) electrons. The molecule has 0 saturated heterocycles. The fraction of sp³-hybridized carbons (Fsp3) is 0.733. The Bertz CT molecular complexity index is 303. The quantitative estimate of drug-likeness (QED) is 0.476. The van der Waals surface area contributed by atoms with Crippen LogP contribution in [0.3, 0.4) is 0 Å². The first-order valence-corrected chi connectivity index (χ1v) is 6.90. The Morgan fingerprint density at radius 1 is 1.11 bits per heavy atom. The molecule has 0 rings (SSSR count). The maximum atomic E-state index is 11.4. The van der Waals surface area contributed by atoms with Crippen LogP contribution in [0, 0.1) is 5.92 Å². The van der Waals surface area contributed by atoms with Crippen LogP contribution in [0.5, 0.6) is 0 Å². The van der Waals surface area contributed by atoms with Gasteiger partial charge >= 0.3 is 11.9 Å². The van der Waals surface area contributed by atoms with Gasteiger partial charge in [-0.15, -0.1) is 0 Å². The molecule has 0 spiro atoms. The summed E-state index contributed by atoms with van der Waals surface area (Å²) >= 11 is 0. The maximum Gasteiger partial charge on any atom is 0.306 e. The number of carbonyl (C=O) groups excluding carboxylic acids is 2. The summed E-state index contributed by atoms with van der Waals surface area (Å²) in [6, 6.07) is 0. The number of allylic oxidation sites excluding steroid dienone is 1. The van der Waals surface area contributed by atoms with Crippen molar-refractivity contribution < 1.29 is 19.1 Å². The Balaban J connectivity index is 3.59. The van der Waals surface area contributed by atoms with Gasteiger partial charge in [0.15, 0.2) is 0 Å². The second-order valence-corrected chi connectivity index (χ2v) is 5.01. The van der Waals surface area contributed by atoms with Gasteiger partial charge < -0.3 is 9.47 Å². The molecule has 4 nitrogen and oxygen atoms in total. The van der Waals surface area contributed by atoms with Crippen LogP contribution in [0.2, 0.25) is 0 Å². The summed E-state index contributed by atoms with van der Waals surface area (Å²) in [4.78, 5) is 22.7. The van der Waals surface area contributed by atoms with Crippen LogP contribution in [0.1, 0.15) is 53.4 Å². The van der Waals surface area contributed by atoms with Crippen LogP contribution < -0.4 is 0 Å². The lowest BCUT2D eigenvalue weighted by Crippen LogP contribution is -2.12. The summed E-state index contributed by atoms with van der Waals surface area (Å²) in [7, 11) is 0. The van der Waals surface area contributed by atoms with E-state index in [-0.39, 0.29) is 24.8 Å². The predicted octanol–water partition coefficient (Wildman–Crippen LogP) is 3.26. The van der Waals surface area contributed by atoms with E-state index in [9.17, 15) is 9.59 Å². The van der Waals surface area contributed by atoms with Gasteiger partial charge in [0.2, 0.25) is 0 Å². The molecule has 19 heavy (non-hydrogen) atoms. The van der Waals surface area contributed by atoms with Gasteiger partial charge in [0.1, 0.15) is 6.61 Å². The molecule has 0 fully saturated rings. The minimum absolute atomic E-state index is 0.239. The Labute approximate surface area is 116 Å². The first-order valence-electron chi connectivity index (χ1n) is 6.90. The standard InChI is InChI=1S/C15H26O4/c1-5-13(4)11-19-15(17)8-6-7-14(16)18-10-9-12(2)3/h9,13H,5-8,10-11H2,1-4H3. The van der Waals surface area contributed by atoms with E-state index in [2.05, 4.69) is 6.92 Å². The van der Waals surface area contributed by atoms with Crippen molar-refractivity contribution >= 4 is 11.9 Å². The Kier molecular flexibility index (Phi) is 9.85. The van der Waals surface area contributed by atoms with Crippen molar-refractivity contribution in [3.8, 4) is 0 Å². The molecule has 110 valence electrons. The number of rotatable bonds is 9. The summed E-state index contributed by atoms with van der Waals surface area (Å²) in [6.07, 6.45) is 3.85. The Morgan fingerprint density at radius 3 is 2.21 bits per heavy atom. The van der Waals surface area contributed by atoms with Crippen molar-refractivity contribution in [2.75, 3.05) is 13.2 Å². The lowest BCUT2D eigenvalue weighted by molar-refractivity contribution is -0.145. The molecule has 0 saturated carbocycles. The summed E-state index contributed by atoms with van der Waals surface area (Å²) in [5.74, 6) is -0.123. The van der Waals surface area contributed by atoms with Crippen LogP contribution in [0.25, 0.3) is 0 Å². The summed E-state index contributed by atoms with van der Waals surface area (Å²) in [6.45, 7) is 8.75. The van der Waals surface area contributed by atoms with Crippen LogP contribution in [-0.4, -0.2) is 25.2 Å².